The summed E-state index contributed by atoms with van der Waals surface area (Å²) in [5, 5.41) is 21.4. The van der Waals surface area contributed by atoms with Gasteiger partial charge in [-0.3, -0.25) is 14.3 Å². The van der Waals surface area contributed by atoms with E-state index in [0.29, 0.717) is 11.4 Å². The van der Waals surface area contributed by atoms with Crippen molar-refractivity contribution in [1.29, 1.82) is 0 Å². The van der Waals surface area contributed by atoms with E-state index in [1.165, 1.54) is 32.0 Å². The molecule has 0 radical (unpaired) electrons. The minimum absolute atomic E-state index is 0.0905. The first-order chi connectivity index (χ1) is 20.0. The first kappa shape index (κ1) is 29.6. The molecule has 6 N–H and O–H groups in total. The lowest BCUT2D eigenvalue weighted by atomic mass is 10.1. The number of carboxylic acids is 1. The van der Waals surface area contributed by atoms with Crippen molar-refractivity contribution < 1.29 is 27.9 Å². The fourth-order valence-electron chi connectivity index (χ4n) is 4.07. The molecule has 0 saturated heterocycles. The predicted octanol–water partition coefficient (Wildman–Crippen LogP) is 5.46. The Morgan fingerprint density at radius 2 is 1.31 bits per heavy atom. The zero-order valence-corrected chi connectivity index (χ0v) is 23.6. The van der Waals surface area contributed by atoms with Gasteiger partial charge < -0.3 is 26.4 Å². The van der Waals surface area contributed by atoms with Gasteiger partial charge in [-0.05, 0) is 54.1 Å². The first-order valence-corrected chi connectivity index (χ1v) is 14.2. The van der Waals surface area contributed by atoms with Crippen molar-refractivity contribution in [1.82, 2.24) is 0 Å². The summed E-state index contributed by atoms with van der Waals surface area (Å²) < 4.78 is 30.3. The maximum absolute atomic E-state index is 13.9. The van der Waals surface area contributed by atoms with Crippen molar-refractivity contribution in [2.45, 2.75) is 25.3 Å². The number of aromatic carboxylic acids is 1. The van der Waals surface area contributed by atoms with E-state index in [1.807, 2.05) is 30.3 Å². The van der Waals surface area contributed by atoms with E-state index >= 15 is 0 Å². The second kappa shape index (κ2) is 12.9. The van der Waals surface area contributed by atoms with Gasteiger partial charge in [0.15, 0.2) is 0 Å². The Labute approximate surface area is 243 Å². The number of anilines is 6. The molecular weight excluding hydrogens is 558 g/mol. The average Bonchev–Trinajstić information content (AvgIpc) is 2.94. The monoisotopic (exact) mass is 587 g/mol. The van der Waals surface area contributed by atoms with Gasteiger partial charge in [0.25, 0.3) is 10.0 Å². The Morgan fingerprint density at radius 3 is 1.93 bits per heavy atom. The molecule has 4 aromatic rings. The Morgan fingerprint density at radius 1 is 0.714 bits per heavy atom. The third-order valence-electron chi connectivity index (χ3n) is 5.92. The molecule has 0 aliphatic heterocycles. The topological polar surface area (TPSA) is 166 Å². The number of carbonyl (C=O) groups is 3. The molecule has 0 aliphatic carbocycles. The van der Waals surface area contributed by atoms with E-state index in [-0.39, 0.29) is 45.7 Å². The number of hydrogen-bond acceptors (Lipinski definition) is 7. The summed E-state index contributed by atoms with van der Waals surface area (Å²) in [6.45, 7) is 2.96. The highest BCUT2D eigenvalue weighted by molar-refractivity contribution is 7.93. The van der Waals surface area contributed by atoms with Crippen LogP contribution in [0.1, 0.15) is 29.8 Å². The quantitative estimate of drug-likeness (QED) is 0.135. The zero-order chi connectivity index (χ0) is 30.3. The summed E-state index contributed by atoms with van der Waals surface area (Å²) in [5.41, 5.74) is 2.29. The number of rotatable bonds is 11. The molecule has 0 saturated carbocycles. The average molecular weight is 588 g/mol. The van der Waals surface area contributed by atoms with E-state index < -0.39 is 21.9 Å². The van der Waals surface area contributed by atoms with E-state index in [9.17, 15) is 27.9 Å². The summed E-state index contributed by atoms with van der Waals surface area (Å²) in [5.74, 6) is -1.96. The van der Waals surface area contributed by atoms with Gasteiger partial charge in [0, 0.05) is 31.8 Å². The molecular formula is C30H29N5O6S. The number of carbonyl (C=O) groups excluding carboxylic acids is 2. The second-order valence-corrected chi connectivity index (χ2v) is 10.9. The fraction of sp³-hybridized carbons (Fsp3) is 0.100. The lowest BCUT2D eigenvalue weighted by molar-refractivity contribution is -0.115. The van der Waals surface area contributed by atoms with Crippen LogP contribution >= 0.6 is 0 Å². The summed E-state index contributed by atoms with van der Waals surface area (Å²) in [6.07, 6.45) is 0. The van der Waals surface area contributed by atoms with Crippen LogP contribution in [0.3, 0.4) is 0 Å². The molecule has 2 amide bonds. The minimum atomic E-state index is -4.43. The van der Waals surface area contributed by atoms with Gasteiger partial charge >= 0.3 is 5.97 Å². The number of benzene rings is 4. The van der Waals surface area contributed by atoms with Crippen molar-refractivity contribution in [2.75, 3.05) is 26.0 Å². The van der Waals surface area contributed by atoms with Gasteiger partial charge in [-0.1, -0.05) is 42.5 Å². The molecule has 4 rings (SSSR count). The van der Waals surface area contributed by atoms with Gasteiger partial charge in [-0.25, -0.2) is 13.2 Å². The van der Waals surface area contributed by atoms with Crippen LogP contribution in [0, 0.1) is 0 Å². The van der Waals surface area contributed by atoms with E-state index in [0.717, 1.165) is 11.6 Å². The van der Waals surface area contributed by atoms with Crippen molar-refractivity contribution in [3.05, 3.63) is 102 Å². The van der Waals surface area contributed by atoms with E-state index in [1.54, 1.807) is 36.4 Å². The first-order valence-electron chi connectivity index (χ1n) is 12.7. The molecule has 216 valence electrons. The van der Waals surface area contributed by atoms with Gasteiger partial charge in [-0.15, -0.1) is 0 Å². The summed E-state index contributed by atoms with van der Waals surface area (Å²) in [4.78, 5) is 34.9. The Kier molecular flexibility index (Phi) is 9.08. The lowest BCUT2D eigenvalue weighted by Gasteiger charge is -2.21. The molecule has 0 atom stereocenters. The highest BCUT2D eigenvalue weighted by Crippen LogP contribution is 2.37. The van der Waals surface area contributed by atoms with Gasteiger partial charge in [0.2, 0.25) is 11.8 Å². The Hall–Kier alpha value is -5.36. The van der Waals surface area contributed by atoms with Crippen molar-refractivity contribution in [3.63, 3.8) is 0 Å². The standard InChI is InChI=1S/C30H29N5O6S/c1-19(36)32-23-12-14-24(15-13-23)34-29-27(31-18-21-8-4-3-5-9-21)16-22(30(38)39)17-28(29)42(40,41)35-26-11-7-6-10-25(26)33-20(2)37/h3-17,31,34-35H,18H2,1-2H3,(H,32,36)(H,33,37)(H,38,39). The van der Waals surface area contributed by atoms with Crippen LogP contribution in [-0.2, 0) is 26.2 Å². The third-order valence-corrected chi connectivity index (χ3v) is 7.31. The highest BCUT2D eigenvalue weighted by Gasteiger charge is 2.26. The number of amides is 2. The minimum Gasteiger partial charge on any atom is -0.478 e. The molecule has 0 bridgehead atoms. The maximum atomic E-state index is 13.9. The molecule has 11 nitrogen and oxygen atoms in total. The molecule has 0 spiro atoms. The van der Waals surface area contributed by atoms with Gasteiger partial charge in [0.05, 0.1) is 28.3 Å². The number of para-hydroxylation sites is 2. The smallest absolute Gasteiger partial charge is 0.335 e. The Bertz CT molecular complexity index is 1730. The molecule has 12 heteroatoms. The second-order valence-electron chi connectivity index (χ2n) is 9.26. The summed E-state index contributed by atoms with van der Waals surface area (Å²) in [7, 11) is -4.43. The van der Waals surface area contributed by atoms with Crippen LogP contribution in [0.5, 0.6) is 0 Å². The van der Waals surface area contributed by atoms with Crippen molar-refractivity contribution >= 4 is 61.9 Å². The van der Waals surface area contributed by atoms with Crippen LogP contribution in [0.4, 0.5) is 34.1 Å². The molecule has 0 aliphatic rings. The molecule has 4 aromatic carbocycles. The van der Waals surface area contributed by atoms with Crippen molar-refractivity contribution in [2.24, 2.45) is 0 Å². The number of sulfonamides is 1. The largest absolute Gasteiger partial charge is 0.478 e. The molecule has 0 fully saturated rings. The predicted molar refractivity (Wildman–Crippen MR) is 163 cm³/mol. The molecule has 0 heterocycles. The molecule has 0 unspecified atom stereocenters. The van der Waals surface area contributed by atoms with Crippen LogP contribution in [0.25, 0.3) is 0 Å². The van der Waals surface area contributed by atoms with Crippen LogP contribution in [-0.4, -0.2) is 31.3 Å². The van der Waals surface area contributed by atoms with Crippen LogP contribution in [0.2, 0.25) is 0 Å². The van der Waals surface area contributed by atoms with E-state index in [2.05, 4.69) is 26.0 Å². The fourth-order valence-corrected chi connectivity index (χ4v) is 5.36. The molecule has 42 heavy (non-hydrogen) atoms. The van der Waals surface area contributed by atoms with Gasteiger partial charge in [0.1, 0.15) is 4.90 Å². The van der Waals surface area contributed by atoms with Crippen molar-refractivity contribution in [3.8, 4) is 0 Å². The SMILES string of the molecule is CC(=O)Nc1ccc(Nc2c(NCc3ccccc3)cc(C(=O)O)cc2S(=O)(=O)Nc2ccccc2NC(C)=O)cc1. The van der Waals surface area contributed by atoms with E-state index in [4.69, 9.17) is 0 Å². The maximum Gasteiger partial charge on any atom is 0.335 e. The van der Waals surface area contributed by atoms with Crippen LogP contribution in [0.15, 0.2) is 95.9 Å². The summed E-state index contributed by atoms with van der Waals surface area (Å²) >= 11 is 0. The normalized spacial score (nSPS) is 10.8. The summed E-state index contributed by atoms with van der Waals surface area (Å²) in [6, 6.07) is 24.6. The van der Waals surface area contributed by atoms with Gasteiger partial charge in [-0.2, -0.15) is 0 Å². The third kappa shape index (κ3) is 7.64. The number of hydrogen-bond donors (Lipinski definition) is 6. The number of nitrogens with one attached hydrogen (secondary N) is 5. The lowest BCUT2D eigenvalue weighted by Crippen LogP contribution is -2.18. The molecule has 0 aromatic heterocycles. The van der Waals surface area contributed by atoms with Crippen LogP contribution < -0.4 is 26.0 Å². The zero-order valence-electron chi connectivity index (χ0n) is 22.8. The Balaban J connectivity index is 1.82. The highest BCUT2D eigenvalue weighted by atomic mass is 32.2. The number of carboxylic acid groups (broad SMARTS) is 1.